The van der Waals surface area contributed by atoms with Gasteiger partial charge in [0.05, 0.1) is 5.02 Å². The molecule has 0 aliphatic heterocycles. The minimum Gasteiger partial charge on any atom is -0.313 e. The van der Waals surface area contributed by atoms with Crippen LogP contribution < -0.4 is 5.32 Å². The molecule has 0 aromatic heterocycles. The highest BCUT2D eigenvalue weighted by atomic mass is 35.5. The predicted octanol–water partition coefficient (Wildman–Crippen LogP) is 4.57. The van der Waals surface area contributed by atoms with Gasteiger partial charge in [-0.15, -0.1) is 0 Å². The van der Waals surface area contributed by atoms with Crippen molar-refractivity contribution in [1.82, 2.24) is 5.32 Å². The summed E-state index contributed by atoms with van der Waals surface area (Å²) in [5, 5.41) is 2.71. The predicted molar refractivity (Wildman–Crippen MR) is 78.0 cm³/mol. The maximum Gasteiger partial charge on any atom is 0.142 e. The Balaban J connectivity index is 2.34. The first-order valence-electron chi connectivity index (χ1n) is 6.49. The molecule has 0 heterocycles. The average Bonchev–Trinajstić information content (AvgIpc) is 2.43. The molecule has 0 saturated carbocycles. The number of rotatable bonds is 4. The highest BCUT2D eigenvalue weighted by Crippen LogP contribution is 2.27. The number of hydrogen-bond acceptors (Lipinski definition) is 1. The summed E-state index contributed by atoms with van der Waals surface area (Å²) in [5.41, 5.74) is 1.83. The molecule has 0 aliphatic carbocycles. The van der Waals surface area contributed by atoms with E-state index >= 15 is 0 Å². The highest BCUT2D eigenvalue weighted by Gasteiger charge is 2.18. The van der Waals surface area contributed by atoms with Crippen LogP contribution in [0.3, 0.4) is 0 Å². The van der Waals surface area contributed by atoms with Crippen molar-refractivity contribution < 1.29 is 13.2 Å². The summed E-state index contributed by atoms with van der Waals surface area (Å²) in [7, 11) is 1.66. The van der Waals surface area contributed by atoms with Crippen molar-refractivity contribution in [3.63, 3.8) is 0 Å². The maximum atomic E-state index is 14.0. The minimum absolute atomic E-state index is 0.197. The number of hydrogen-bond donors (Lipinski definition) is 1. The van der Waals surface area contributed by atoms with Gasteiger partial charge in [0.1, 0.15) is 17.5 Å². The first kappa shape index (κ1) is 15.9. The fraction of sp³-hybridized carbons (Fsp3) is 0.250. The topological polar surface area (TPSA) is 12.0 Å². The van der Waals surface area contributed by atoms with Gasteiger partial charge in [0.25, 0.3) is 0 Å². The largest absolute Gasteiger partial charge is 0.313 e. The lowest BCUT2D eigenvalue weighted by molar-refractivity contribution is 0.522. The van der Waals surface area contributed by atoms with Crippen LogP contribution in [-0.2, 0) is 6.42 Å². The van der Waals surface area contributed by atoms with E-state index in [0.717, 1.165) is 23.3 Å². The number of likely N-dealkylation sites (N-methyl/N-ethyl adjacent to an activating group) is 1. The second-order valence-corrected chi connectivity index (χ2v) is 5.31. The maximum absolute atomic E-state index is 14.0. The van der Waals surface area contributed by atoms with E-state index < -0.39 is 17.7 Å². The van der Waals surface area contributed by atoms with Crippen LogP contribution in [0, 0.1) is 24.4 Å². The molecule has 0 aliphatic rings. The molecule has 2 aromatic carbocycles. The first-order valence-corrected chi connectivity index (χ1v) is 6.87. The van der Waals surface area contributed by atoms with Crippen LogP contribution >= 0.6 is 11.6 Å². The van der Waals surface area contributed by atoms with Crippen molar-refractivity contribution in [2.24, 2.45) is 0 Å². The van der Waals surface area contributed by atoms with E-state index in [0.29, 0.717) is 6.42 Å². The lowest BCUT2D eigenvalue weighted by Gasteiger charge is -2.19. The quantitative estimate of drug-likeness (QED) is 0.815. The summed E-state index contributed by atoms with van der Waals surface area (Å²) < 4.78 is 40.6. The van der Waals surface area contributed by atoms with E-state index in [4.69, 9.17) is 11.6 Å². The Bertz CT molecular complexity index is 658. The van der Waals surface area contributed by atoms with Gasteiger partial charge in [0.2, 0.25) is 0 Å². The number of aryl methyl sites for hydroxylation is 1. The van der Waals surface area contributed by atoms with Gasteiger partial charge in [0.15, 0.2) is 0 Å². The van der Waals surface area contributed by atoms with Gasteiger partial charge in [-0.2, -0.15) is 0 Å². The molecular formula is C16H15ClF3N. The Morgan fingerprint density at radius 1 is 1.10 bits per heavy atom. The first-order chi connectivity index (χ1) is 9.92. The smallest absolute Gasteiger partial charge is 0.142 e. The van der Waals surface area contributed by atoms with Crippen LogP contribution in [0.2, 0.25) is 5.02 Å². The summed E-state index contributed by atoms with van der Waals surface area (Å²) in [6.45, 7) is 1.78. The van der Waals surface area contributed by atoms with Crippen molar-refractivity contribution in [2.45, 2.75) is 19.4 Å². The lowest BCUT2D eigenvalue weighted by atomic mass is 9.95. The van der Waals surface area contributed by atoms with Gasteiger partial charge in [-0.25, -0.2) is 13.2 Å². The van der Waals surface area contributed by atoms with Gasteiger partial charge < -0.3 is 5.32 Å². The van der Waals surface area contributed by atoms with E-state index in [1.165, 1.54) is 12.1 Å². The summed E-state index contributed by atoms with van der Waals surface area (Å²) in [6.07, 6.45) is 0.417. The number of nitrogens with one attached hydrogen (secondary N) is 1. The van der Waals surface area contributed by atoms with Crippen molar-refractivity contribution in [2.75, 3.05) is 7.05 Å². The molecule has 0 bridgehead atoms. The molecule has 112 valence electrons. The highest BCUT2D eigenvalue weighted by molar-refractivity contribution is 6.30. The molecular weight excluding hydrogens is 299 g/mol. The van der Waals surface area contributed by atoms with E-state index in [1.807, 2.05) is 0 Å². The monoisotopic (exact) mass is 313 g/mol. The van der Waals surface area contributed by atoms with Gasteiger partial charge >= 0.3 is 0 Å². The molecule has 0 spiro atoms. The molecule has 5 heteroatoms. The zero-order valence-corrected chi connectivity index (χ0v) is 12.4. The van der Waals surface area contributed by atoms with Gasteiger partial charge in [0, 0.05) is 11.6 Å². The van der Waals surface area contributed by atoms with Crippen molar-refractivity contribution in [3.8, 4) is 0 Å². The third-order valence-corrected chi connectivity index (χ3v) is 3.78. The molecule has 1 N–H and O–H groups in total. The standard InChI is InChI=1S/C16H15ClF3N/c1-9-5-11(18)4-3-10(9)6-16(21-2)12-7-15(20)13(17)8-14(12)19/h3-5,7-8,16,21H,6H2,1-2H3. The second-order valence-electron chi connectivity index (χ2n) is 4.90. The van der Waals surface area contributed by atoms with Crippen molar-refractivity contribution in [1.29, 1.82) is 0 Å². The number of benzene rings is 2. The van der Waals surface area contributed by atoms with Gasteiger partial charge in [-0.1, -0.05) is 17.7 Å². The SMILES string of the molecule is CNC(Cc1ccc(F)cc1C)c1cc(F)c(Cl)cc1F. The van der Waals surface area contributed by atoms with Gasteiger partial charge in [-0.05, 0) is 55.8 Å². The molecule has 1 unspecified atom stereocenters. The van der Waals surface area contributed by atoms with Crippen molar-refractivity contribution >= 4 is 11.6 Å². The molecule has 1 atom stereocenters. The molecule has 0 radical (unpaired) electrons. The Kier molecular flexibility index (Phi) is 4.91. The third kappa shape index (κ3) is 3.57. The molecule has 0 saturated heterocycles. The van der Waals surface area contributed by atoms with Crippen LogP contribution in [0.4, 0.5) is 13.2 Å². The summed E-state index contributed by atoms with van der Waals surface area (Å²) in [4.78, 5) is 0. The molecule has 2 aromatic rings. The second kappa shape index (κ2) is 6.50. The van der Waals surface area contributed by atoms with E-state index in [2.05, 4.69) is 5.32 Å². The molecule has 0 amide bonds. The van der Waals surface area contributed by atoms with E-state index in [1.54, 1.807) is 20.0 Å². The zero-order valence-electron chi connectivity index (χ0n) is 11.7. The fourth-order valence-electron chi connectivity index (χ4n) is 2.28. The normalized spacial score (nSPS) is 12.5. The minimum atomic E-state index is -0.663. The van der Waals surface area contributed by atoms with Crippen molar-refractivity contribution in [3.05, 3.63) is 69.5 Å². The van der Waals surface area contributed by atoms with Crippen LogP contribution in [0.15, 0.2) is 30.3 Å². The van der Waals surface area contributed by atoms with E-state index in [-0.39, 0.29) is 16.4 Å². The fourth-order valence-corrected chi connectivity index (χ4v) is 2.43. The number of halogens is 4. The summed E-state index contributed by atoms with van der Waals surface area (Å²) in [5.74, 6) is -1.55. The van der Waals surface area contributed by atoms with Crippen LogP contribution in [0.5, 0.6) is 0 Å². The molecule has 21 heavy (non-hydrogen) atoms. The Morgan fingerprint density at radius 2 is 1.81 bits per heavy atom. The van der Waals surface area contributed by atoms with E-state index in [9.17, 15) is 13.2 Å². The van der Waals surface area contributed by atoms with Crippen LogP contribution in [-0.4, -0.2) is 7.05 Å². The zero-order chi connectivity index (χ0) is 15.6. The molecule has 0 fully saturated rings. The Labute approximate surface area is 126 Å². The summed E-state index contributed by atoms with van der Waals surface area (Å²) >= 11 is 5.56. The van der Waals surface area contributed by atoms with Crippen LogP contribution in [0.25, 0.3) is 0 Å². The molecule has 2 rings (SSSR count). The average molecular weight is 314 g/mol. The Hall–Kier alpha value is -1.52. The molecule has 1 nitrogen and oxygen atoms in total. The summed E-state index contributed by atoms with van der Waals surface area (Å²) in [6, 6.07) is 6.06. The van der Waals surface area contributed by atoms with Crippen LogP contribution in [0.1, 0.15) is 22.7 Å². The third-order valence-electron chi connectivity index (χ3n) is 3.49. The lowest BCUT2D eigenvalue weighted by Crippen LogP contribution is -2.21. The Morgan fingerprint density at radius 3 is 2.43 bits per heavy atom. The van der Waals surface area contributed by atoms with Gasteiger partial charge in [-0.3, -0.25) is 0 Å².